The summed E-state index contributed by atoms with van der Waals surface area (Å²) in [6.07, 6.45) is 4.75. The molecule has 1 aromatic carbocycles. The molecule has 0 aliphatic heterocycles. The Bertz CT molecular complexity index is 670. The Labute approximate surface area is 111 Å². The van der Waals surface area contributed by atoms with Crippen LogP contribution in [0.25, 0.3) is 22.2 Å². The van der Waals surface area contributed by atoms with Crippen LogP contribution in [0.1, 0.15) is 19.4 Å². The summed E-state index contributed by atoms with van der Waals surface area (Å²) in [5.41, 5.74) is 1.35. The van der Waals surface area contributed by atoms with Crippen molar-refractivity contribution in [3.8, 4) is 0 Å². The lowest BCUT2D eigenvalue weighted by Crippen LogP contribution is -2.26. The van der Waals surface area contributed by atoms with Crippen molar-refractivity contribution in [3.63, 3.8) is 0 Å². The maximum absolute atomic E-state index is 2.40. The minimum Gasteiger partial charge on any atom is -0.255 e. The van der Waals surface area contributed by atoms with Crippen LogP contribution in [0.3, 0.4) is 0 Å². The molecule has 3 radical (unpaired) electrons. The molecule has 1 atom stereocenters. The fourth-order valence-electron chi connectivity index (χ4n) is 2.24. The van der Waals surface area contributed by atoms with Crippen molar-refractivity contribution in [3.05, 3.63) is 39.4 Å². The number of benzene rings is 1. The first kappa shape index (κ1) is 14.9. The lowest BCUT2D eigenvalue weighted by atomic mass is 9.91. The Balaban J connectivity index is 0.000000810. The third-order valence-electron chi connectivity index (χ3n) is 3.41. The lowest BCUT2D eigenvalue weighted by Gasteiger charge is -2.13. The summed E-state index contributed by atoms with van der Waals surface area (Å²) in [7, 11) is 0. The Morgan fingerprint density at radius 1 is 1.11 bits per heavy atom. The summed E-state index contributed by atoms with van der Waals surface area (Å²) in [5, 5.41) is 2.86. The van der Waals surface area contributed by atoms with E-state index in [1.165, 1.54) is 31.3 Å². The predicted octanol–water partition coefficient (Wildman–Crippen LogP) is 2.66. The van der Waals surface area contributed by atoms with Gasteiger partial charge in [-0.2, -0.15) is 0 Å². The minimum atomic E-state index is 0. The second kappa shape index (κ2) is 5.22. The van der Waals surface area contributed by atoms with E-state index in [4.69, 9.17) is 0 Å². The maximum Gasteiger partial charge on any atom is 0.0357 e. The Kier molecular flexibility index (Phi) is 4.32. The summed E-state index contributed by atoms with van der Waals surface area (Å²) in [6.45, 7) is 6.65. The van der Waals surface area contributed by atoms with Gasteiger partial charge >= 0.3 is 0 Å². The number of thiophene rings is 1. The second-order valence-electron chi connectivity index (χ2n) is 4.72. The average Bonchev–Trinajstić information content (AvgIpc) is 2.55. The fourth-order valence-corrected chi connectivity index (χ4v) is 3.54. The SMILES string of the molecule is C[C]1C=c2sc3cc(C)ccc3c2=CC1C.[OH].[OH]. The Hall–Kier alpha value is -1.16. The van der Waals surface area contributed by atoms with Crippen LogP contribution in [0.5, 0.6) is 0 Å². The van der Waals surface area contributed by atoms with Gasteiger partial charge in [0.15, 0.2) is 0 Å². The normalized spacial score (nSPS) is 18.1. The molecule has 1 unspecified atom stereocenters. The highest BCUT2D eigenvalue weighted by Crippen LogP contribution is 2.22. The number of hydrogen-bond acceptors (Lipinski definition) is 1. The van der Waals surface area contributed by atoms with E-state index in [-0.39, 0.29) is 11.0 Å². The van der Waals surface area contributed by atoms with Gasteiger partial charge in [0.25, 0.3) is 0 Å². The largest absolute Gasteiger partial charge is 0.255 e. The van der Waals surface area contributed by atoms with Crippen LogP contribution in [0.2, 0.25) is 0 Å². The first-order valence-corrected chi connectivity index (χ1v) is 6.53. The molecule has 3 rings (SSSR count). The summed E-state index contributed by atoms with van der Waals surface area (Å²) in [4.78, 5) is 0. The smallest absolute Gasteiger partial charge is 0.0357 e. The maximum atomic E-state index is 2.40. The highest BCUT2D eigenvalue weighted by atomic mass is 32.1. The number of aryl methyl sites for hydroxylation is 1. The molecule has 1 aromatic heterocycles. The molecule has 0 saturated carbocycles. The second-order valence-corrected chi connectivity index (χ2v) is 5.81. The summed E-state index contributed by atoms with van der Waals surface area (Å²) < 4.78 is 2.84. The molecule has 3 heteroatoms. The van der Waals surface area contributed by atoms with E-state index in [9.17, 15) is 0 Å². The molecule has 1 aliphatic carbocycles. The van der Waals surface area contributed by atoms with Crippen LogP contribution in [0, 0.1) is 18.8 Å². The topological polar surface area (TPSA) is 60.0 Å². The van der Waals surface area contributed by atoms with Crippen molar-refractivity contribution in [2.75, 3.05) is 0 Å². The summed E-state index contributed by atoms with van der Waals surface area (Å²) >= 11 is 1.91. The van der Waals surface area contributed by atoms with Crippen molar-refractivity contribution in [2.24, 2.45) is 5.92 Å². The third-order valence-corrected chi connectivity index (χ3v) is 4.52. The molecular formula is C15H17O2S. The van der Waals surface area contributed by atoms with Gasteiger partial charge in [0.05, 0.1) is 0 Å². The molecule has 1 aliphatic rings. The zero-order valence-corrected chi connectivity index (χ0v) is 11.6. The van der Waals surface area contributed by atoms with Crippen molar-refractivity contribution >= 4 is 33.6 Å². The van der Waals surface area contributed by atoms with E-state index in [1.54, 1.807) is 0 Å². The highest BCUT2D eigenvalue weighted by molar-refractivity contribution is 7.17. The van der Waals surface area contributed by atoms with E-state index >= 15 is 0 Å². The molecule has 0 bridgehead atoms. The van der Waals surface area contributed by atoms with Gasteiger partial charge in [-0.3, -0.25) is 11.0 Å². The van der Waals surface area contributed by atoms with Crippen LogP contribution in [-0.2, 0) is 0 Å². The first-order chi connectivity index (χ1) is 7.65. The zero-order valence-electron chi connectivity index (χ0n) is 10.8. The first-order valence-electron chi connectivity index (χ1n) is 5.71. The average molecular weight is 261 g/mol. The molecule has 0 amide bonds. The van der Waals surface area contributed by atoms with Gasteiger partial charge in [0.1, 0.15) is 0 Å². The zero-order chi connectivity index (χ0) is 11.3. The highest BCUT2D eigenvalue weighted by Gasteiger charge is 2.13. The predicted molar refractivity (Wildman–Crippen MR) is 76.7 cm³/mol. The van der Waals surface area contributed by atoms with Gasteiger partial charge in [-0.15, -0.1) is 11.3 Å². The van der Waals surface area contributed by atoms with Gasteiger partial charge in [-0.1, -0.05) is 38.1 Å². The Morgan fingerprint density at radius 2 is 1.83 bits per heavy atom. The monoisotopic (exact) mass is 261 g/mol. The van der Waals surface area contributed by atoms with Crippen molar-refractivity contribution in [2.45, 2.75) is 20.8 Å². The fraction of sp³-hybridized carbons (Fsp3) is 0.267. The Morgan fingerprint density at radius 3 is 2.56 bits per heavy atom. The van der Waals surface area contributed by atoms with Crippen molar-refractivity contribution in [1.82, 2.24) is 0 Å². The number of fused-ring (bicyclic) bond motifs is 3. The standard InChI is InChI=1S/C15H15S.2HO/c1-9-4-5-12-13-7-10(2)11(3)8-15(13)16-14(12)6-9;;/h4-8,10H,1-3H3;2*1H. The molecule has 2 aromatic rings. The van der Waals surface area contributed by atoms with Crippen LogP contribution < -0.4 is 9.75 Å². The quantitative estimate of drug-likeness (QED) is 0.732. The molecular weight excluding hydrogens is 244 g/mol. The van der Waals surface area contributed by atoms with Gasteiger partial charge < -0.3 is 0 Å². The number of hydrogen-bond donors (Lipinski definition) is 2. The summed E-state index contributed by atoms with van der Waals surface area (Å²) in [6, 6.07) is 6.76. The molecule has 2 nitrogen and oxygen atoms in total. The van der Waals surface area contributed by atoms with Crippen molar-refractivity contribution in [1.29, 1.82) is 0 Å². The molecule has 1 heterocycles. The van der Waals surface area contributed by atoms with E-state index in [1.807, 2.05) is 11.3 Å². The van der Waals surface area contributed by atoms with Gasteiger partial charge in [-0.05, 0) is 29.7 Å². The third kappa shape index (κ3) is 2.21. The minimum absolute atomic E-state index is 0. The van der Waals surface area contributed by atoms with Crippen molar-refractivity contribution < 1.29 is 11.0 Å². The van der Waals surface area contributed by atoms with Crippen LogP contribution in [-0.4, -0.2) is 11.0 Å². The molecule has 18 heavy (non-hydrogen) atoms. The molecule has 0 spiro atoms. The van der Waals surface area contributed by atoms with E-state index < -0.39 is 0 Å². The van der Waals surface area contributed by atoms with E-state index in [0.717, 1.165) is 0 Å². The van der Waals surface area contributed by atoms with E-state index in [0.29, 0.717) is 5.92 Å². The van der Waals surface area contributed by atoms with Gasteiger partial charge in [-0.25, -0.2) is 0 Å². The number of rotatable bonds is 0. The lowest BCUT2D eigenvalue weighted by molar-refractivity contribution is 0.823. The molecule has 2 N–H and O–H groups in total. The van der Waals surface area contributed by atoms with Crippen LogP contribution in [0.4, 0.5) is 0 Å². The van der Waals surface area contributed by atoms with E-state index in [2.05, 4.69) is 51.1 Å². The van der Waals surface area contributed by atoms with Crippen LogP contribution in [0.15, 0.2) is 18.2 Å². The van der Waals surface area contributed by atoms with Gasteiger partial charge in [0, 0.05) is 20.5 Å². The molecule has 0 fully saturated rings. The molecule has 95 valence electrons. The van der Waals surface area contributed by atoms with Gasteiger partial charge in [0.2, 0.25) is 0 Å². The van der Waals surface area contributed by atoms with Crippen LogP contribution >= 0.6 is 11.3 Å². The molecule has 0 saturated heterocycles. The summed E-state index contributed by atoms with van der Waals surface area (Å²) in [5.74, 6) is 2.04.